The predicted octanol–water partition coefficient (Wildman–Crippen LogP) is 4.68. The van der Waals surface area contributed by atoms with Gasteiger partial charge in [0.05, 0.1) is 6.42 Å². The molecule has 26 heavy (non-hydrogen) atoms. The van der Waals surface area contributed by atoms with Crippen molar-refractivity contribution in [3.05, 3.63) is 55.8 Å². The molecule has 0 saturated heterocycles. The lowest BCUT2D eigenvalue weighted by atomic mass is 9.98. The van der Waals surface area contributed by atoms with Crippen LogP contribution in [0.25, 0.3) is 0 Å². The van der Waals surface area contributed by atoms with Crippen molar-refractivity contribution in [2.75, 3.05) is 6.61 Å². The molecular weight excluding hydrogens is 348 g/mol. The molecule has 2 aromatic rings. The summed E-state index contributed by atoms with van der Waals surface area (Å²) in [6, 6.07) is 5.62. The highest BCUT2D eigenvalue weighted by Crippen LogP contribution is 2.22. The summed E-state index contributed by atoms with van der Waals surface area (Å²) in [7, 11) is 0. The van der Waals surface area contributed by atoms with E-state index in [0.717, 1.165) is 26.4 Å². The molecular formula is C21H24O4S. The Hall–Kier alpha value is -2.27. The van der Waals surface area contributed by atoms with Crippen LogP contribution in [0.4, 0.5) is 0 Å². The van der Waals surface area contributed by atoms with E-state index in [-0.39, 0.29) is 31.0 Å². The molecule has 0 atom stereocenters. The van der Waals surface area contributed by atoms with Gasteiger partial charge >= 0.3 is 5.97 Å². The Morgan fingerprint density at radius 2 is 1.46 bits per heavy atom. The number of ketones is 2. The summed E-state index contributed by atoms with van der Waals surface area (Å²) in [5.74, 6) is -0.826. The number of ether oxygens (including phenoxy) is 1. The second-order valence-corrected chi connectivity index (χ2v) is 8.05. The molecule has 0 aliphatic heterocycles. The summed E-state index contributed by atoms with van der Waals surface area (Å²) >= 11 is 1.57. The maximum Gasteiger partial charge on any atom is 0.306 e. The van der Waals surface area contributed by atoms with E-state index >= 15 is 0 Å². The van der Waals surface area contributed by atoms with Crippen molar-refractivity contribution in [2.24, 2.45) is 0 Å². The van der Waals surface area contributed by atoms with E-state index in [1.54, 1.807) is 11.3 Å². The van der Waals surface area contributed by atoms with Gasteiger partial charge in [-0.25, -0.2) is 0 Å². The van der Waals surface area contributed by atoms with Gasteiger partial charge in [0.25, 0.3) is 0 Å². The fourth-order valence-corrected chi connectivity index (χ4v) is 3.76. The third-order valence-corrected chi connectivity index (χ3v) is 5.37. The minimum atomic E-state index is -0.530. The number of Topliss-reactive ketones (excluding diaryl/α,β-unsaturated/α-hetero) is 2. The first kappa shape index (κ1) is 20.0. The van der Waals surface area contributed by atoms with Crippen LogP contribution in [0, 0.1) is 34.6 Å². The van der Waals surface area contributed by atoms with Gasteiger partial charge < -0.3 is 4.74 Å². The van der Waals surface area contributed by atoms with Gasteiger partial charge in [-0.2, -0.15) is 0 Å². The third-order valence-electron chi connectivity index (χ3n) is 4.40. The van der Waals surface area contributed by atoms with E-state index in [2.05, 4.69) is 0 Å². The number of rotatable bonds is 7. The Bertz CT molecular complexity index is 861. The maximum absolute atomic E-state index is 12.3. The van der Waals surface area contributed by atoms with Gasteiger partial charge in [-0.1, -0.05) is 6.07 Å². The molecule has 0 radical (unpaired) electrons. The van der Waals surface area contributed by atoms with Crippen molar-refractivity contribution in [3.63, 3.8) is 0 Å². The van der Waals surface area contributed by atoms with Crippen molar-refractivity contribution >= 4 is 28.9 Å². The molecule has 138 valence electrons. The highest BCUT2D eigenvalue weighted by atomic mass is 32.1. The number of thiophene rings is 1. The molecule has 2 rings (SSSR count). The standard InChI is InChI=1S/C21H24O4S/c1-12-8-14(3)17(9-13(12)2)20(23)11-25-21(24)7-6-19(22)18-10-15(4)26-16(18)5/h8-10H,6-7,11H2,1-5H3. The number of carbonyl (C=O) groups is 3. The zero-order valence-electron chi connectivity index (χ0n) is 15.9. The zero-order valence-corrected chi connectivity index (χ0v) is 16.7. The van der Waals surface area contributed by atoms with Crippen molar-refractivity contribution in [3.8, 4) is 0 Å². The van der Waals surface area contributed by atoms with Gasteiger partial charge in [0.1, 0.15) is 0 Å². The smallest absolute Gasteiger partial charge is 0.306 e. The van der Waals surface area contributed by atoms with E-state index < -0.39 is 5.97 Å². The molecule has 0 bridgehead atoms. The number of aryl methyl sites for hydroxylation is 5. The van der Waals surface area contributed by atoms with Gasteiger partial charge in [0.15, 0.2) is 12.4 Å². The number of hydrogen-bond donors (Lipinski definition) is 0. The largest absolute Gasteiger partial charge is 0.457 e. The summed E-state index contributed by atoms with van der Waals surface area (Å²) in [5, 5.41) is 0. The highest BCUT2D eigenvalue weighted by molar-refractivity contribution is 7.12. The molecule has 1 heterocycles. The fraction of sp³-hybridized carbons (Fsp3) is 0.381. The minimum Gasteiger partial charge on any atom is -0.457 e. The Morgan fingerprint density at radius 1 is 0.808 bits per heavy atom. The number of esters is 1. The number of benzene rings is 1. The quantitative estimate of drug-likeness (QED) is 0.523. The van der Waals surface area contributed by atoms with Crippen LogP contribution in [-0.4, -0.2) is 24.1 Å². The Morgan fingerprint density at radius 3 is 2.08 bits per heavy atom. The third kappa shape index (κ3) is 4.88. The molecule has 0 amide bonds. The molecule has 0 N–H and O–H groups in total. The van der Waals surface area contributed by atoms with Gasteiger partial charge in [-0.15, -0.1) is 11.3 Å². The summed E-state index contributed by atoms with van der Waals surface area (Å²) in [6.45, 7) is 9.34. The van der Waals surface area contributed by atoms with E-state index in [1.165, 1.54) is 0 Å². The number of carbonyl (C=O) groups excluding carboxylic acids is 3. The van der Waals surface area contributed by atoms with Crippen LogP contribution < -0.4 is 0 Å². The van der Waals surface area contributed by atoms with Crippen LogP contribution in [0.15, 0.2) is 18.2 Å². The second kappa shape index (κ2) is 8.41. The molecule has 0 fully saturated rings. The van der Waals surface area contributed by atoms with Crippen LogP contribution in [0.2, 0.25) is 0 Å². The molecule has 0 aliphatic carbocycles. The topological polar surface area (TPSA) is 60.4 Å². The average Bonchev–Trinajstić information content (AvgIpc) is 2.92. The van der Waals surface area contributed by atoms with Crippen molar-refractivity contribution in [1.29, 1.82) is 0 Å². The number of hydrogen-bond acceptors (Lipinski definition) is 5. The first-order valence-electron chi connectivity index (χ1n) is 8.56. The molecule has 1 aromatic heterocycles. The van der Waals surface area contributed by atoms with Gasteiger partial charge in [0, 0.05) is 27.3 Å². The van der Waals surface area contributed by atoms with Crippen LogP contribution in [-0.2, 0) is 9.53 Å². The lowest BCUT2D eigenvalue weighted by molar-refractivity contribution is -0.142. The monoisotopic (exact) mass is 372 g/mol. The summed E-state index contributed by atoms with van der Waals surface area (Å²) < 4.78 is 5.07. The minimum absolute atomic E-state index is 0.0215. The van der Waals surface area contributed by atoms with Crippen LogP contribution in [0.5, 0.6) is 0 Å². The van der Waals surface area contributed by atoms with Crippen LogP contribution >= 0.6 is 11.3 Å². The Kier molecular flexibility index (Phi) is 6.48. The first-order valence-corrected chi connectivity index (χ1v) is 9.37. The fourth-order valence-electron chi connectivity index (χ4n) is 2.81. The molecule has 0 aliphatic rings. The predicted molar refractivity (Wildman–Crippen MR) is 103 cm³/mol. The Labute approximate surface area is 158 Å². The average molecular weight is 372 g/mol. The first-order chi connectivity index (χ1) is 12.2. The van der Waals surface area contributed by atoms with Crippen LogP contribution in [0.1, 0.15) is 60.0 Å². The van der Waals surface area contributed by atoms with E-state index in [4.69, 9.17) is 4.74 Å². The summed E-state index contributed by atoms with van der Waals surface area (Å²) in [4.78, 5) is 38.4. The molecule has 0 spiro atoms. The molecule has 0 unspecified atom stereocenters. The van der Waals surface area contributed by atoms with Gasteiger partial charge in [-0.3, -0.25) is 14.4 Å². The maximum atomic E-state index is 12.3. The van der Waals surface area contributed by atoms with Gasteiger partial charge in [0.2, 0.25) is 5.78 Å². The van der Waals surface area contributed by atoms with Crippen molar-refractivity contribution < 1.29 is 19.1 Å². The lowest BCUT2D eigenvalue weighted by Gasteiger charge is -2.09. The normalized spacial score (nSPS) is 10.7. The lowest BCUT2D eigenvalue weighted by Crippen LogP contribution is -2.16. The zero-order chi connectivity index (χ0) is 19.4. The summed E-state index contributed by atoms with van der Waals surface area (Å²) in [6.07, 6.45) is 0.0685. The molecule has 5 heteroatoms. The van der Waals surface area contributed by atoms with Crippen molar-refractivity contribution in [1.82, 2.24) is 0 Å². The van der Waals surface area contributed by atoms with Gasteiger partial charge in [-0.05, 0) is 63.4 Å². The van der Waals surface area contributed by atoms with Crippen LogP contribution in [0.3, 0.4) is 0 Å². The molecule has 0 saturated carbocycles. The highest BCUT2D eigenvalue weighted by Gasteiger charge is 2.16. The molecule has 1 aromatic carbocycles. The SMILES string of the molecule is Cc1cc(C(=O)CCC(=O)OCC(=O)c2cc(C)c(C)cc2C)c(C)s1. The Balaban J connectivity index is 1.87. The van der Waals surface area contributed by atoms with E-state index in [9.17, 15) is 14.4 Å². The second-order valence-electron chi connectivity index (χ2n) is 6.59. The van der Waals surface area contributed by atoms with E-state index in [1.807, 2.05) is 52.8 Å². The molecule has 4 nitrogen and oxygen atoms in total. The van der Waals surface area contributed by atoms with E-state index in [0.29, 0.717) is 11.1 Å². The summed E-state index contributed by atoms with van der Waals surface area (Å²) in [5.41, 5.74) is 4.25. The van der Waals surface area contributed by atoms with Crippen molar-refractivity contribution in [2.45, 2.75) is 47.5 Å².